The topological polar surface area (TPSA) is 57.4 Å². The lowest BCUT2D eigenvalue weighted by molar-refractivity contribution is 0.171. The predicted octanol–water partition coefficient (Wildman–Crippen LogP) is 1.73. The molecule has 0 spiro atoms. The standard InChI is InChI=1S/C9H13ClN2O2/c1-13-5-2-6-14-9-7(11)3-4-8(10)12-9/h3-4H,2,5-6,11H2,1H3. The van der Waals surface area contributed by atoms with Crippen molar-refractivity contribution in [2.75, 3.05) is 26.1 Å². The van der Waals surface area contributed by atoms with Gasteiger partial charge in [-0.2, -0.15) is 4.98 Å². The van der Waals surface area contributed by atoms with E-state index in [1.165, 1.54) is 0 Å². The lowest BCUT2D eigenvalue weighted by Gasteiger charge is -2.07. The van der Waals surface area contributed by atoms with Gasteiger partial charge in [0.05, 0.1) is 12.3 Å². The molecule has 0 aliphatic heterocycles. The third-order valence-corrected chi connectivity index (χ3v) is 1.80. The molecular formula is C9H13ClN2O2. The van der Waals surface area contributed by atoms with Gasteiger partial charge in [0, 0.05) is 20.1 Å². The largest absolute Gasteiger partial charge is 0.476 e. The number of rotatable bonds is 5. The summed E-state index contributed by atoms with van der Waals surface area (Å²) in [7, 11) is 1.64. The van der Waals surface area contributed by atoms with Gasteiger partial charge in [-0.05, 0) is 12.1 Å². The molecule has 5 heteroatoms. The highest BCUT2D eigenvalue weighted by Crippen LogP contribution is 2.20. The molecule has 78 valence electrons. The number of methoxy groups -OCH3 is 1. The molecule has 0 fully saturated rings. The van der Waals surface area contributed by atoms with Crippen LogP contribution in [0.2, 0.25) is 5.15 Å². The van der Waals surface area contributed by atoms with Gasteiger partial charge in [-0.15, -0.1) is 0 Å². The highest BCUT2D eigenvalue weighted by molar-refractivity contribution is 6.29. The Morgan fingerprint density at radius 3 is 2.93 bits per heavy atom. The molecule has 0 radical (unpaired) electrons. The molecule has 0 unspecified atom stereocenters. The van der Waals surface area contributed by atoms with Crippen molar-refractivity contribution >= 4 is 17.3 Å². The number of hydrogen-bond donors (Lipinski definition) is 1. The predicted molar refractivity (Wildman–Crippen MR) is 55.6 cm³/mol. The van der Waals surface area contributed by atoms with Gasteiger partial charge in [-0.25, -0.2) is 0 Å². The van der Waals surface area contributed by atoms with Crippen LogP contribution in [0.5, 0.6) is 5.88 Å². The highest BCUT2D eigenvalue weighted by Gasteiger charge is 2.02. The van der Waals surface area contributed by atoms with E-state index in [4.69, 9.17) is 26.8 Å². The fourth-order valence-electron chi connectivity index (χ4n) is 0.916. The molecule has 2 N–H and O–H groups in total. The van der Waals surface area contributed by atoms with Crippen LogP contribution in [0, 0.1) is 0 Å². The summed E-state index contributed by atoms with van der Waals surface area (Å²) in [5, 5.41) is 0.376. The van der Waals surface area contributed by atoms with Crippen molar-refractivity contribution < 1.29 is 9.47 Å². The van der Waals surface area contributed by atoms with Crippen LogP contribution in [-0.4, -0.2) is 25.3 Å². The molecule has 1 heterocycles. The normalized spacial score (nSPS) is 10.1. The number of hydrogen-bond acceptors (Lipinski definition) is 4. The van der Waals surface area contributed by atoms with Gasteiger partial charge in [0.15, 0.2) is 0 Å². The lowest BCUT2D eigenvalue weighted by atomic mass is 10.4. The zero-order valence-electron chi connectivity index (χ0n) is 8.00. The average molecular weight is 217 g/mol. The zero-order valence-corrected chi connectivity index (χ0v) is 8.75. The number of aromatic nitrogens is 1. The summed E-state index contributed by atoms with van der Waals surface area (Å²) in [5.41, 5.74) is 6.12. The Balaban J connectivity index is 2.45. The summed E-state index contributed by atoms with van der Waals surface area (Å²) in [6, 6.07) is 3.29. The van der Waals surface area contributed by atoms with Crippen molar-refractivity contribution in [2.24, 2.45) is 0 Å². The summed E-state index contributed by atoms with van der Waals surface area (Å²) in [6.07, 6.45) is 0.796. The summed E-state index contributed by atoms with van der Waals surface area (Å²) in [4.78, 5) is 3.95. The fraction of sp³-hybridized carbons (Fsp3) is 0.444. The molecule has 1 aromatic heterocycles. The molecule has 0 saturated carbocycles. The van der Waals surface area contributed by atoms with E-state index in [2.05, 4.69) is 4.98 Å². The third-order valence-electron chi connectivity index (χ3n) is 1.59. The second kappa shape index (κ2) is 5.67. The maximum absolute atomic E-state index is 5.69. The number of nitrogen functional groups attached to an aromatic ring is 1. The van der Waals surface area contributed by atoms with Crippen LogP contribution < -0.4 is 10.5 Å². The van der Waals surface area contributed by atoms with E-state index in [1.807, 2.05) is 0 Å². The highest BCUT2D eigenvalue weighted by atomic mass is 35.5. The molecule has 0 amide bonds. The zero-order chi connectivity index (χ0) is 10.4. The van der Waals surface area contributed by atoms with Gasteiger partial charge >= 0.3 is 0 Å². The Bertz CT molecular complexity index is 294. The second-order valence-corrected chi connectivity index (χ2v) is 3.11. The molecule has 0 aliphatic rings. The minimum absolute atomic E-state index is 0.376. The lowest BCUT2D eigenvalue weighted by Crippen LogP contribution is -2.04. The van der Waals surface area contributed by atoms with Gasteiger partial charge in [0.1, 0.15) is 5.15 Å². The van der Waals surface area contributed by atoms with E-state index >= 15 is 0 Å². The first kappa shape index (κ1) is 11.1. The van der Waals surface area contributed by atoms with E-state index in [9.17, 15) is 0 Å². The molecule has 0 atom stereocenters. The SMILES string of the molecule is COCCCOc1nc(Cl)ccc1N. The van der Waals surface area contributed by atoms with Gasteiger partial charge in [0.2, 0.25) is 5.88 Å². The van der Waals surface area contributed by atoms with Crippen molar-refractivity contribution in [1.29, 1.82) is 0 Å². The third kappa shape index (κ3) is 3.40. The van der Waals surface area contributed by atoms with E-state index in [1.54, 1.807) is 19.2 Å². The summed E-state index contributed by atoms with van der Waals surface area (Å²) in [5.74, 6) is 0.383. The fourth-order valence-corrected chi connectivity index (χ4v) is 1.06. The van der Waals surface area contributed by atoms with Crippen LogP contribution in [-0.2, 0) is 4.74 Å². The minimum Gasteiger partial charge on any atom is -0.476 e. The quantitative estimate of drug-likeness (QED) is 0.602. The first-order valence-corrected chi connectivity index (χ1v) is 4.65. The van der Waals surface area contributed by atoms with Gasteiger partial charge < -0.3 is 15.2 Å². The van der Waals surface area contributed by atoms with Gasteiger partial charge in [-0.1, -0.05) is 11.6 Å². The van der Waals surface area contributed by atoms with E-state index in [0.717, 1.165) is 6.42 Å². The van der Waals surface area contributed by atoms with Crippen LogP contribution in [0.4, 0.5) is 5.69 Å². The van der Waals surface area contributed by atoms with Crippen LogP contribution in [0.25, 0.3) is 0 Å². The van der Waals surface area contributed by atoms with Crippen LogP contribution in [0.1, 0.15) is 6.42 Å². The Kier molecular flexibility index (Phi) is 4.49. The van der Waals surface area contributed by atoms with Gasteiger partial charge in [0.25, 0.3) is 0 Å². The Labute approximate surface area is 88.0 Å². The van der Waals surface area contributed by atoms with Crippen molar-refractivity contribution in [1.82, 2.24) is 4.98 Å². The Hall–Kier alpha value is -1.00. The number of nitrogens with zero attached hydrogens (tertiary/aromatic N) is 1. The van der Waals surface area contributed by atoms with E-state index < -0.39 is 0 Å². The molecule has 14 heavy (non-hydrogen) atoms. The summed E-state index contributed by atoms with van der Waals surface area (Å²) in [6.45, 7) is 1.17. The number of halogens is 1. The van der Waals surface area contributed by atoms with Crippen molar-refractivity contribution in [3.05, 3.63) is 17.3 Å². The number of ether oxygens (including phenoxy) is 2. The molecule has 0 saturated heterocycles. The van der Waals surface area contributed by atoms with Crippen LogP contribution in [0.3, 0.4) is 0 Å². The van der Waals surface area contributed by atoms with Crippen molar-refractivity contribution in [3.63, 3.8) is 0 Å². The van der Waals surface area contributed by atoms with E-state index in [-0.39, 0.29) is 0 Å². The van der Waals surface area contributed by atoms with Crippen LogP contribution in [0.15, 0.2) is 12.1 Å². The maximum Gasteiger partial charge on any atom is 0.238 e. The average Bonchev–Trinajstić information content (AvgIpc) is 2.18. The minimum atomic E-state index is 0.376. The van der Waals surface area contributed by atoms with E-state index in [0.29, 0.717) is 29.9 Å². The molecule has 0 aromatic carbocycles. The first-order chi connectivity index (χ1) is 6.74. The van der Waals surface area contributed by atoms with Crippen molar-refractivity contribution in [3.8, 4) is 5.88 Å². The maximum atomic E-state index is 5.69. The number of nitrogens with two attached hydrogens (primary N) is 1. The molecule has 1 rings (SSSR count). The molecule has 4 nitrogen and oxygen atoms in total. The second-order valence-electron chi connectivity index (χ2n) is 2.72. The summed E-state index contributed by atoms with van der Waals surface area (Å²) >= 11 is 5.69. The Morgan fingerprint density at radius 2 is 2.21 bits per heavy atom. The molecule has 0 aliphatic carbocycles. The Morgan fingerprint density at radius 1 is 1.43 bits per heavy atom. The number of pyridine rings is 1. The van der Waals surface area contributed by atoms with Gasteiger partial charge in [-0.3, -0.25) is 0 Å². The monoisotopic (exact) mass is 216 g/mol. The molecule has 0 bridgehead atoms. The van der Waals surface area contributed by atoms with Crippen molar-refractivity contribution in [2.45, 2.75) is 6.42 Å². The summed E-state index contributed by atoms with van der Waals surface area (Å²) < 4.78 is 10.2. The first-order valence-electron chi connectivity index (χ1n) is 4.28. The van der Waals surface area contributed by atoms with Crippen LogP contribution >= 0.6 is 11.6 Å². The number of anilines is 1. The molecule has 1 aromatic rings. The smallest absolute Gasteiger partial charge is 0.238 e. The molecular weight excluding hydrogens is 204 g/mol.